The fourth-order valence-corrected chi connectivity index (χ4v) is 5.17. The van der Waals surface area contributed by atoms with Crippen LogP contribution in [0.4, 0.5) is 0 Å². The van der Waals surface area contributed by atoms with E-state index in [0.29, 0.717) is 29.1 Å². The minimum absolute atomic E-state index is 0.0906. The van der Waals surface area contributed by atoms with Crippen LogP contribution in [-0.4, -0.2) is 21.1 Å². The van der Waals surface area contributed by atoms with Gasteiger partial charge in [-0.3, -0.25) is 9.59 Å². The molecule has 1 saturated carbocycles. The minimum Gasteiger partial charge on any atom is -0.320 e. The smallest absolute Gasteiger partial charge is 0.214 e. The zero-order valence-electron chi connectivity index (χ0n) is 17.8. The van der Waals surface area contributed by atoms with Gasteiger partial charge >= 0.3 is 0 Å². The molecule has 0 spiro atoms. The lowest BCUT2D eigenvalue weighted by Crippen LogP contribution is -2.23. The van der Waals surface area contributed by atoms with Crippen LogP contribution in [0.2, 0.25) is 0 Å². The number of imidazole rings is 1. The van der Waals surface area contributed by atoms with E-state index in [1.54, 1.807) is 18.2 Å². The van der Waals surface area contributed by atoms with Gasteiger partial charge in [0.1, 0.15) is 17.2 Å². The fourth-order valence-electron chi connectivity index (χ4n) is 5.17. The summed E-state index contributed by atoms with van der Waals surface area (Å²) in [5.74, 6) is 1.45. The number of aryl methyl sites for hydroxylation is 1. The predicted octanol–water partition coefficient (Wildman–Crippen LogP) is 5.61. The highest BCUT2D eigenvalue weighted by Crippen LogP contribution is 2.31. The maximum atomic E-state index is 13.4. The summed E-state index contributed by atoms with van der Waals surface area (Å²) in [5.41, 5.74) is 2.85. The molecular weight excluding hydrogens is 384 g/mol. The second kappa shape index (κ2) is 8.62. The van der Waals surface area contributed by atoms with Crippen LogP contribution >= 0.6 is 0 Å². The largest absolute Gasteiger partial charge is 0.320 e. The highest BCUT2D eigenvalue weighted by Gasteiger charge is 2.35. The molecule has 0 radical (unpaired) electrons. The molecule has 3 aromatic rings. The van der Waals surface area contributed by atoms with E-state index in [2.05, 4.69) is 12.1 Å². The molecule has 2 aliphatic rings. The number of aromatic nitrogens is 2. The molecule has 4 heteroatoms. The van der Waals surface area contributed by atoms with Crippen LogP contribution in [0.3, 0.4) is 0 Å². The highest BCUT2D eigenvalue weighted by molar-refractivity contribution is 6.27. The number of rotatable bonds is 6. The van der Waals surface area contributed by atoms with E-state index in [1.807, 2.05) is 28.8 Å². The van der Waals surface area contributed by atoms with Crippen molar-refractivity contribution < 1.29 is 9.59 Å². The third kappa shape index (κ3) is 3.87. The first-order chi connectivity index (χ1) is 15.2. The van der Waals surface area contributed by atoms with Gasteiger partial charge < -0.3 is 4.57 Å². The van der Waals surface area contributed by atoms with Crippen LogP contribution in [-0.2, 0) is 13.0 Å². The van der Waals surface area contributed by atoms with E-state index >= 15 is 0 Å². The SMILES string of the molecule is O=C1c2ccccc2C(=O)c2c1nc(CCCC1CCCCC1)n2Cc1ccccc1. The van der Waals surface area contributed by atoms with E-state index in [0.717, 1.165) is 30.1 Å². The average Bonchev–Trinajstić information content (AvgIpc) is 3.17. The summed E-state index contributed by atoms with van der Waals surface area (Å²) in [7, 11) is 0. The van der Waals surface area contributed by atoms with Crippen molar-refractivity contribution in [3.63, 3.8) is 0 Å². The molecule has 0 aliphatic heterocycles. The van der Waals surface area contributed by atoms with Crippen molar-refractivity contribution in [3.8, 4) is 0 Å². The van der Waals surface area contributed by atoms with Crippen LogP contribution < -0.4 is 0 Å². The van der Waals surface area contributed by atoms with Gasteiger partial charge in [-0.05, 0) is 17.9 Å². The molecule has 5 rings (SSSR count). The first kappa shape index (κ1) is 19.9. The molecule has 1 aromatic heterocycles. The monoisotopic (exact) mass is 412 g/mol. The zero-order chi connectivity index (χ0) is 21.2. The number of carbonyl (C=O) groups is 2. The lowest BCUT2D eigenvalue weighted by atomic mass is 9.86. The van der Waals surface area contributed by atoms with Gasteiger partial charge in [0.15, 0.2) is 0 Å². The molecule has 0 atom stereocenters. The summed E-state index contributed by atoms with van der Waals surface area (Å²) in [6.45, 7) is 0.559. The number of ketones is 2. The lowest BCUT2D eigenvalue weighted by Gasteiger charge is -2.21. The van der Waals surface area contributed by atoms with Gasteiger partial charge in [-0.25, -0.2) is 4.98 Å². The standard InChI is InChI=1S/C27H28N2O2/c30-26-21-15-7-8-16-22(21)27(31)25-24(26)28-23(17-9-14-19-10-3-1-4-11-19)29(25)18-20-12-5-2-6-13-20/h2,5-8,12-13,15-16,19H,1,3-4,9-11,14,17-18H2. The number of fused-ring (bicyclic) bond motifs is 2. The van der Waals surface area contributed by atoms with E-state index < -0.39 is 0 Å². The van der Waals surface area contributed by atoms with Crippen molar-refractivity contribution in [2.75, 3.05) is 0 Å². The van der Waals surface area contributed by atoms with Crippen molar-refractivity contribution in [1.82, 2.24) is 9.55 Å². The molecule has 0 bridgehead atoms. The molecule has 158 valence electrons. The van der Waals surface area contributed by atoms with Gasteiger partial charge in [0.2, 0.25) is 11.6 Å². The lowest BCUT2D eigenvalue weighted by molar-refractivity contribution is 0.0971. The first-order valence-corrected chi connectivity index (χ1v) is 11.5. The summed E-state index contributed by atoms with van der Waals surface area (Å²) in [4.78, 5) is 31.3. The summed E-state index contributed by atoms with van der Waals surface area (Å²) < 4.78 is 2.00. The normalized spacial score (nSPS) is 16.3. The number of nitrogens with zero attached hydrogens (tertiary/aromatic N) is 2. The van der Waals surface area contributed by atoms with Gasteiger partial charge in [-0.15, -0.1) is 0 Å². The summed E-state index contributed by atoms with van der Waals surface area (Å²) >= 11 is 0. The summed E-state index contributed by atoms with van der Waals surface area (Å²) in [5, 5.41) is 0. The third-order valence-corrected chi connectivity index (χ3v) is 6.81. The molecule has 0 amide bonds. The maximum Gasteiger partial charge on any atom is 0.214 e. The molecular formula is C27H28N2O2. The molecule has 0 saturated heterocycles. The quantitative estimate of drug-likeness (QED) is 0.414. The Kier molecular flexibility index (Phi) is 5.54. The molecule has 0 N–H and O–H groups in total. The van der Waals surface area contributed by atoms with Crippen LogP contribution in [0, 0.1) is 5.92 Å². The maximum absolute atomic E-state index is 13.4. The van der Waals surface area contributed by atoms with Crippen LogP contribution in [0.25, 0.3) is 0 Å². The van der Waals surface area contributed by atoms with E-state index in [4.69, 9.17) is 4.98 Å². The number of carbonyl (C=O) groups excluding carboxylic acids is 2. The van der Waals surface area contributed by atoms with E-state index in [1.165, 1.54) is 38.5 Å². The Hall–Kier alpha value is -3.01. The Morgan fingerprint density at radius 1 is 0.839 bits per heavy atom. The molecule has 0 unspecified atom stereocenters. The molecule has 2 aliphatic carbocycles. The summed E-state index contributed by atoms with van der Waals surface area (Å²) in [6, 6.07) is 17.2. The van der Waals surface area contributed by atoms with Gasteiger partial charge in [0, 0.05) is 24.1 Å². The van der Waals surface area contributed by atoms with E-state index in [9.17, 15) is 9.59 Å². The molecule has 1 fully saturated rings. The fraction of sp³-hybridized carbons (Fsp3) is 0.370. The molecule has 4 nitrogen and oxygen atoms in total. The highest BCUT2D eigenvalue weighted by atomic mass is 16.1. The van der Waals surface area contributed by atoms with Gasteiger partial charge in [-0.1, -0.05) is 93.1 Å². The summed E-state index contributed by atoms with van der Waals surface area (Å²) in [6.07, 6.45) is 9.78. The van der Waals surface area contributed by atoms with Crippen LogP contribution in [0.15, 0.2) is 54.6 Å². The number of hydrogen-bond acceptors (Lipinski definition) is 3. The Morgan fingerprint density at radius 2 is 1.52 bits per heavy atom. The van der Waals surface area contributed by atoms with Crippen molar-refractivity contribution >= 4 is 11.6 Å². The Morgan fingerprint density at radius 3 is 2.26 bits per heavy atom. The predicted molar refractivity (Wildman–Crippen MR) is 121 cm³/mol. The minimum atomic E-state index is -0.134. The topological polar surface area (TPSA) is 52.0 Å². The Balaban J connectivity index is 1.48. The van der Waals surface area contributed by atoms with Crippen molar-refractivity contribution in [2.45, 2.75) is 57.9 Å². The van der Waals surface area contributed by atoms with Crippen molar-refractivity contribution in [2.24, 2.45) is 5.92 Å². The van der Waals surface area contributed by atoms with Crippen LogP contribution in [0.5, 0.6) is 0 Å². The zero-order valence-corrected chi connectivity index (χ0v) is 17.8. The van der Waals surface area contributed by atoms with Crippen molar-refractivity contribution in [1.29, 1.82) is 0 Å². The second-order valence-electron chi connectivity index (χ2n) is 8.90. The van der Waals surface area contributed by atoms with E-state index in [-0.39, 0.29) is 11.6 Å². The van der Waals surface area contributed by atoms with Gasteiger partial charge in [0.05, 0.1) is 0 Å². The second-order valence-corrected chi connectivity index (χ2v) is 8.90. The first-order valence-electron chi connectivity index (χ1n) is 11.5. The molecule has 2 aromatic carbocycles. The Labute approximate surface area is 183 Å². The van der Waals surface area contributed by atoms with Crippen LogP contribution in [0.1, 0.15) is 88.4 Å². The molecule has 31 heavy (non-hydrogen) atoms. The average molecular weight is 413 g/mol. The van der Waals surface area contributed by atoms with Gasteiger partial charge in [-0.2, -0.15) is 0 Å². The van der Waals surface area contributed by atoms with Crippen molar-refractivity contribution in [3.05, 3.63) is 88.5 Å². The number of hydrogen-bond donors (Lipinski definition) is 0. The third-order valence-electron chi connectivity index (χ3n) is 6.81. The Bertz CT molecular complexity index is 1110. The number of benzene rings is 2. The van der Waals surface area contributed by atoms with Gasteiger partial charge in [0.25, 0.3) is 0 Å². The molecule has 1 heterocycles.